The van der Waals surface area contributed by atoms with Crippen LogP contribution in [-0.4, -0.2) is 64.5 Å². The summed E-state index contributed by atoms with van der Waals surface area (Å²) < 4.78 is 85.3. The van der Waals surface area contributed by atoms with Crippen molar-refractivity contribution >= 4 is 53.3 Å². The zero-order chi connectivity index (χ0) is 29.8. The highest BCUT2D eigenvalue weighted by Crippen LogP contribution is 2.39. The van der Waals surface area contributed by atoms with Gasteiger partial charge in [0.25, 0.3) is 10.1 Å². The lowest BCUT2D eigenvalue weighted by Gasteiger charge is -2.23. The number of ketones is 2. The Labute approximate surface area is 225 Å². The maximum absolute atomic E-state index is 13.1. The van der Waals surface area contributed by atoms with Crippen LogP contribution in [0.25, 0.3) is 0 Å². The molecule has 16 heteroatoms. The molecule has 0 saturated heterocycles. The molecule has 0 spiro atoms. The fourth-order valence-electron chi connectivity index (χ4n) is 3.30. The van der Waals surface area contributed by atoms with Crippen LogP contribution in [-0.2, 0) is 34.5 Å². The van der Waals surface area contributed by atoms with Gasteiger partial charge in [-0.3, -0.25) is 18.7 Å². The van der Waals surface area contributed by atoms with E-state index in [1.165, 1.54) is 24.3 Å². The molecule has 5 N–H and O–H groups in total. The van der Waals surface area contributed by atoms with Crippen LogP contribution in [0, 0.1) is 0 Å². The molecule has 0 bridgehead atoms. The first-order valence-corrected chi connectivity index (χ1v) is 15.4. The van der Waals surface area contributed by atoms with Gasteiger partial charge >= 0.3 is 10.4 Å². The molecule has 0 saturated carbocycles. The fourth-order valence-corrected chi connectivity index (χ4v) is 4.73. The minimum absolute atomic E-state index is 0.0107. The third kappa shape index (κ3) is 8.41. The molecule has 13 nitrogen and oxygen atoms in total. The molecule has 0 atom stereocenters. The Morgan fingerprint density at radius 2 is 1.56 bits per heavy atom. The molecule has 39 heavy (non-hydrogen) atoms. The van der Waals surface area contributed by atoms with Gasteiger partial charge in [0.2, 0.25) is 0 Å². The van der Waals surface area contributed by atoms with E-state index in [1.807, 2.05) is 0 Å². The number of carbonyl (C=O) groups is 2. The fraction of sp³-hybridized carbons (Fsp3) is 0.130. The van der Waals surface area contributed by atoms with Crippen LogP contribution < -0.4 is 11.1 Å². The van der Waals surface area contributed by atoms with E-state index in [2.05, 4.69) is 22.7 Å². The SMILES string of the molecule is C=C/C=C\C(=C)Nc1cc(S(=O)(=O)O)c(N)c2c1C(=O)c1ccccc1C2=O.CS(=O)(=O)CCOS(=O)(=O)O. The maximum atomic E-state index is 13.1. The Kier molecular flexibility index (Phi) is 9.72. The van der Waals surface area contributed by atoms with Crippen LogP contribution in [0.3, 0.4) is 0 Å². The third-order valence-electron chi connectivity index (χ3n) is 4.89. The summed E-state index contributed by atoms with van der Waals surface area (Å²) in [6.45, 7) is 6.73. The van der Waals surface area contributed by atoms with E-state index in [0.29, 0.717) is 5.70 Å². The number of nitrogen functional groups attached to an aromatic ring is 1. The molecule has 1 aliphatic rings. The summed E-state index contributed by atoms with van der Waals surface area (Å²) in [5, 5.41) is 2.79. The summed E-state index contributed by atoms with van der Waals surface area (Å²) >= 11 is 0. The number of nitrogens with two attached hydrogens (primary N) is 1. The molecule has 3 rings (SSSR count). The van der Waals surface area contributed by atoms with E-state index in [-0.39, 0.29) is 27.9 Å². The molecule has 0 fully saturated rings. The van der Waals surface area contributed by atoms with Crippen LogP contribution in [0.1, 0.15) is 31.8 Å². The molecule has 1 aliphatic carbocycles. The van der Waals surface area contributed by atoms with E-state index >= 15 is 0 Å². The van der Waals surface area contributed by atoms with Crippen LogP contribution in [0.4, 0.5) is 11.4 Å². The van der Waals surface area contributed by atoms with Crippen molar-refractivity contribution in [3.8, 4) is 0 Å². The molecular formula is C23H24N2O11S3. The quantitative estimate of drug-likeness (QED) is 0.156. The van der Waals surface area contributed by atoms with Crippen molar-refractivity contribution in [2.75, 3.05) is 29.7 Å². The van der Waals surface area contributed by atoms with Gasteiger partial charge in [-0.15, -0.1) is 0 Å². The lowest BCUT2D eigenvalue weighted by molar-refractivity contribution is 0.0980. The predicted octanol–water partition coefficient (Wildman–Crippen LogP) is 1.81. The summed E-state index contributed by atoms with van der Waals surface area (Å²) in [5.41, 5.74) is 5.62. The molecule has 0 unspecified atom stereocenters. The van der Waals surface area contributed by atoms with E-state index in [9.17, 15) is 39.4 Å². The minimum atomic E-state index is -4.75. The van der Waals surface area contributed by atoms with E-state index < -0.39 is 64.9 Å². The number of allylic oxidation sites excluding steroid dienone is 3. The first-order chi connectivity index (χ1) is 17.9. The van der Waals surface area contributed by atoms with Crippen LogP contribution in [0.2, 0.25) is 0 Å². The highest BCUT2D eigenvalue weighted by Gasteiger charge is 2.36. The molecule has 210 valence electrons. The summed E-state index contributed by atoms with van der Waals surface area (Å²) in [7, 11) is -12.5. The zero-order valence-electron chi connectivity index (χ0n) is 20.3. The summed E-state index contributed by atoms with van der Waals surface area (Å²) in [6, 6.07) is 7.16. The van der Waals surface area contributed by atoms with Gasteiger partial charge < -0.3 is 11.1 Å². The van der Waals surface area contributed by atoms with Crippen molar-refractivity contribution in [3.05, 3.63) is 89.7 Å². The number of carbonyl (C=O) groups excluding carboxylic acids is 2. The van der Waals surface area contributed by atoms with Gasteiger partial charge in [-0.2, -0.15) is 16.8 Å². The van der Waals surface area contributed by atoms with Gasteiger partial charge in [-0.05, 0) is 12.1 Å². The van der Waals surface area contributed by atoms with Crippen molar-refractivity contribution < 1.29 is 48.1 Å². The second-order valence-corrected chi connectivity index (χ2v) is 12.6. The highest BCUT2D eigenvalue weighted by atomic mass is 32.3. The normalized spacial score (nSPS) is 13.2. The third-order valence-corrected chi connectivity index (χ3v) is 7.16. The Morgan fingerprint density at radius 3 is 2.03 bits per heavy atom. The van der Waals surface area contributed by atoms with Gasteiger partial charge in [0, 0.05) is 23.1 Å². The molecule has 0 aromatic heterocycles. The van der Waals surface area contributed by atoms with Crippen molar-refractivity contribution in [3.63, 3.8) is 0 Å². The number of sulfone groups is 1. The Morgan fingerprint density at radius 1 is 1.03 bits per heavy atom. The Balaban J connectivity index is 0.000000411. The molecular weight excluding hydrogens is 576 g/mol. The molecule has 0 heterocycles. The number of benzene rings is 2. The molecule has 0 radical (unpaired) electrons. The average molecular weight is 601 g/mol. The summed E-state index contributed by atoms with van der Waals surface area (Å²) in [6.07, 6.45) is 5.54. The number of rotatable bonds is 9. The lowest BCUT2D eigenvalue weighted by atomic mass is 9.82. The number of hydrogen-bond donors (Lipinski definition) is 4. The lowest BCUT2D eigenvalue weighted by Crippen LogP contribution is -2.25. The van der Waals surface area contributed by atoms with E-state index in [1.54, 1.807) is 18.2 Å². The minimum Gasteiger partial charge on any atom is -0.397 e. The monoisotopic (exact) mass is 600 g/mol. The second-order valence-electron chi connectivity index (χ2n) is 7.89. The molecule has 0 amide bonds. The summed E-state index contributed by atoms with van der Waals surface area (Å²) in [4.78, 5) is 25.4. The Hall–Kier alpha value is -3.67. The zero-order valence-corrected chi connectivity index (χ0v) is 22.8. The second kappa shape index (κ2) is 12.0. The maximum Gasteiger partial charge on any atom is 0.397 e. The first kappa shape index (κ1) is 31.5. The first-order valence-electron chi connectivity index (χ1n) is 10.5. The molecule has 2 aromatic rings. The molecule has 0 aliphatic heterocycles. The van der Waals surface area contributed by atoms with Crippen LogP contribution in [0.5, 0.6) is 0 Å². The van der Waals surface area contributed by atoms with Crippen molar-refractivity contribution in [2.24, 2.45) is 0 Å². The number of anilines is 2. The van der Waals surface area contributed by atoms with Crippen molar-refractivity contribution in [1.82, 2.24) is 0 Å². The number of nitrogens with one attached hydrogen (secondary N) is 1. The van der Waals surface area contributed by atoms with Gasteiger partial charge in [-0.25, -0.2) is 12.6 Å². The van der Waals surface area contributed by atoms with Crippen LogP contribution in [0.15, 0.2) is 72.3 Å². The van der Waals surface area contributed by atoms with Crippen molar-refractivity contribution in [2.45, 2.75) is 4.90 Å². The topological polar surface area (TPSA) is 224 Å². The van der Waals surface area contributed by atoms with Crippen molar-refractivity contribution in [1.29, 1.82) is 0 Å². The van der Waals surface area contributed by atoms with E-state index in [0.717, 1.165) is 12.3 Å². The number of hydrogen-bond acceptors (Lipinski definition) is 11. The summed E-state index contributed by atoms with van der Waals surface area (Å²) in [5.74, 6) is -1.54. The van der Waals surface area contributed by atoms with Crippen LogP contribution >= 0.6 is 0 Å². The molecule has 2 aromatic carbocycles. The highest BCUT2D eigenvalue weighted by molar-refractivity contribution is 7.90. The smallest absolute Gasteiger partial charge is 0.397 e. The standard InChI is InChI=1S/C20H16N2O5S.C3H8O6S2/c1-3-4-7-11(2)22-14-10-15(28(25,26)27)18(21)17-16(14)19(23)12-8-5-6-9-13(12)20(17)24;1-10(4,5)3-2-9-11(6,7)8/h3-10,22H,1-2,21H2,(H,25,26,27);2-3H2,1H3,(H,6,7,8)/b7-4-;. The van der Waals surface area contributed by atoms with E-state index in [4.69, 9.17) is 10.3 Å². The average Bonchev–Trinajstić information content (AvgIpc) is 2.80. The van der Waals surface area contributed by atoms with Gasteiger partial charge in [0.1, 0.15) is 14.7 Å². The van der Waals surface area contributed by atoms with Gasteiger partial charge in [-0.1, -0.05) is 49.6 Å². The Bertz CT molecular complexity index is 1680. The van der Waals surface area contributed by atoms with Gasteiger partial charge in [0.05, 0.1) is 34.9 Å². The largest absolute Gasteiger partial charge is 0.397 e. The predicted molar refractivity (Wildman–Crippen MR) is 143 cm³/mol. The number of fused-ring (bicyclic) bond motifs is 2. The van der Waals surface area contributed by atoms with Gasteiger partial charge in [0.15, 0.2) is 11.6 Å².